The van der Waals surface area contributed by atoms with E-state index in [1.165, 1.54) is 0 Å². The van der Waals surface area contributed by atoms with E-state index in [1.54, 1.807) is 33.3 Å². The molecule has 1 aromatic heterocycles. The first kappa shape index (κ1) is 15.3. The smallest absolute Gasteiger partial charge is 0.282 e. The molecule has 112 valence electrons. The second-order valence-corrected chi connectivity index (χ2v) is 4.50. The lowest BCUT2D eigenvalue weighted by Gasteiger charge is -2.07. The van der Waals surface area contributed by atoms with E-state index in [4.69, 9.17) is 14.7 Å². The van der Waals surface area contributed by atoms with Gasteiger partial charge in [-0.1, -0.05) is 12.1 Å². The van der Waals surface area contributed by atoms with Crippen LogP contribution in [0, 0.1) is 18.3 Å². The number of rotatable bonds is 4. The molecule has 22 heavy (non-hydrogen) atoms. The maximum absolute atomic E-state index is 11.5. The molecule has 0 saturated heterocycles. The molecule has 0 aliphatic rings. The molecule has 1 aromatic carbocycles. The normalized spacial score (nSPS) is 10.5. The number of nitriles is 1. The van der Waals surface area contributed by atoms with Crippen LogP contribution in [0.3, 0.4) is 0 Å². The summed E-state index contributed by atoms with van der Waals surface area (Å²) in [4.78, 5) is 11.5. The Morgan fingerprint density at radius 3 is 2.59 bits per heavy atom. The third kappa shape index (κ3) is 2.99. The van der Waals surface area contributed by atoms with E-state index in [-0.39, 0.29) is 5.56 Å². The summed E-state index contributed by atoms with van der Waals surface area (Å²) in [5, 5.41) is 15.2. The van der Waals surface area contributed by atoms with Gasteiger partial charge < -0.3 is 9.47 Å². The number of aromatic amines is 1. The summed E-state index contributed by atoms with van der Waals surface area (Å²) >= 11 is 0. The molecule has 6 nitrogen and oxygen atoms in total. The van der Waals surface area contributed by atoms with Gasteiger partial charge in [0.25, 0.3) is 5.56 Å². The summed E-state index contributed by atoms with van der Waals surface area (Å²) < 4.78 is 10.4. The van der Waals surface area contributed by atoms with Crippen LogP contribution in [0.4, 0.5) is 0 Å². The van der Waals surface area contributed by atoms with Crippen molar-refractivity contribution in [1.82, 2.24) is 10.2 Å². The van der Waals surface area contributed by atoms with Gasteiger partial charge in [0.2, 0.25) is 0 Å². The molecule has 1 N–H and O–H groups in total. The largest absolute Gasteiger partial charge is 0.493 e. The zero-order valence-corrected chi connectivity index (χ0v) is 12.5. The summed E-state index contributed by atoms with van der Waals surface area (Å²) in [5.41, 5.74) is 1.54. The molecule has 0 saturated carbocycles. The minimum atomic E-state index is -0.483. The van der Waals surface area contributed by atoms with E-state index in [1.807, 2.05) is 24.3 Å². The standard InChI is InChI=1S/C16H15N3O3/c1-10-12(9-17)16(20)19-18-13(10)6-4-11-5-7-14(21-2)15(8-11)22-3/h4-8H,1-3H3,(H,19,20)/b6-4+. The van der Waals surface area contributed by atoms with E-state index >= 15 is 0 Å². The second-order valence-electron chi connectivity index (χ2n) is 4.50. The van der Waals surface area contributed by atoms with Crippen molar-refractivity contribution in [3.8, 4) is 17.6 Å². The van der Waals surface area contributed by atoms with Gasteiger partial charge in [-0.15, -0.1) is 0 Å². The maximum Gasteiger partial charge on any atom is 0.282 e. The molecule has 0 unspecified atom stereocenters. The molecule has 0 atom stereocenters. The highest BCUT2D eigenvalue weighted by Gasteiger charge is 2.08. The number of hydrogen-bond donors (Lipinski definition) is 1. The monoisotopic (exact) mass is 297 g/mol. The van der Waals surface area contributed by atoms with Crippen LogP contribution in [0.2, 0.25) is 0 Å². The fourth-order valence-corrected chi connectivity index (χ4v) is 1.98. The van der Waals surface area contributed by atoms with E-state index in [9.17, 15) is 4.79 Å². The van der Waals surface area contributed by atoms with Crippen LogP contribution in [0.1, 0.15) is 22.4 Å². The Kier molecular flexibility index (Phi) is 4.59. The van der Waals surface area contributed by atoms with Crippen molar-refractivity contribution in [2.75, 3.05) is 14.2 Å². The molecule has 0 aliphatic heterocycles. The lowest BCUT2D eigenvalue weighted by molar-refractivity contribution is 0.355. The first-order chi connectivity index (χ1) is 10.6. The van der Waals surface area contributed by atoms with Crippen LogP contribution in [0.5, 0.6) is 11.5 Å². The van der Waals surface area contributed by atoms with Crippen molar-refractivity contribution in [3.05, 3.63) is 50.9 Å². The van der Waals surface area contributed by atoms with Gasteiger partial charge >= 0.3 is 0 Å². The molecule has 0 fully saturated rings. The lowest BCUT2D eigenvalue weighted by atomic mass is 10.1. The number of methoxy groups -OCH3 is 2. The van der Waals surface area contributed by atoms with Gasteiger partial charge in [-0.05, 0) is 36.3 Å². The Morgan fingerprint density at radius 2 is 1.95 bits per heavy atom. The van der Waals surface area contributed by atoms with Gasteiger partial charge in [-0.2, -0.15) is 10.4 Å². The molecule has 0 radical (unpaired) electrons. The Bertz CT molecular complexity index is 816. The third-order valence-electron chi connectivity index (χ3n) is 3.22. The molecule has 0 spiro atoms. The third-order valence-corrected chi connectivity index (χ3v) is 3.22. The Labute approximate surface area is 127 Å². The number of benzene rings is 1. The van der Waals surface area contributed by atoms with Crippen molar-refractivity contribution in [2.24, 2.45) is 0 Å². The first-order valence-corrected chi connectivity index (χ1v) is 6.50. The summed E-state index contributed by atoms with van der Waals surface area (Å²) in [5.74, 6) is 1.26. The molecular weight excluding hydrogens is 282 g/mol. The van der Waals surface area contributed by atoms with Gasteiger partial charge in [0.15, 0.2) is 11.5 Å². The number of nitrogens with one attached hydrogen (secondary N) is 1. The average molecular weight is 297 g/mol. The summed E-state index contributed by atoms with van der Waals surface area (Å²) in [6.07, 6.45) is 3.55. The predicted molar refractivity (Wildman–Crippen MR) is 82.8 cm³/mol. The zero-order chi connectivity index (χ0) is 16.1. The van der Waals surface area contributed by atoms with Crippen LogP contribution in [0.15, 0.2) is 23.0 Å². The Hall–Kier alpha value is -3.07. The molecule has 6 heteroatoms. The van der Waals surface area contributed by atoms with Crippen LogP contribution in [0.25, 0.3) is 12.2 Å². The Balaban J connectivity index is 2.38. The second kappa shape index (κ2) is 6.59. The number of H-pyrrole nitrogens is 1. The molecule has 0 amide bonds. The van der Waals surface area contributed by atoms with Crippen molar-refractivity contribution in [2.45, 2.75) is 6.92 Å². The van der Waals surface area contributed by atoms with Crippen molar-refractivity contribution >= 4 is 12.2 Å². The summed E-state index contributed by atoms with van der Waals surface area (Å²) in [6.45, 7) is 1.69. The van der Waals surface area contributed by atoms with Crippen LogP contribution < -0.4 is 15.0 Å². The fourth-order valence-electron chi connectivity index (χ4n) is 1.98. The zero-order valence-electron chi connectivity index (χ0n) is 12.5. The maximum atomic E-state index is 11.5. The van der Waals surface area contributed by atoms with E-state index in [2.05, 4.69) is 10.2 Å². The lowest BCUT2D eigenvalue weighted by Crippen LogP contribution is -2.15. The van der Waals surface area contributed by atoms with Gasteiger partial charge in [0, 0.05) is 0 Å². The number of ether oxygens (including phenoxy) is 2. The first-order valence-electron chi connectivity index (χ1n) is 6.50. The van der Waals surface area contributed by atoms with E-state index in [0.717, 1.165) is 5.56 Å². The predicted octanol–water partition coefficient (Wildman–Crippen LogP) is 2.14. The van der Waals surface area contributed by atoms with Crippen molar-refractivity contribution < 1.29 is 9.47 Å². The highest BCUT2D eigenvalue weighted by Crippen LogP contribution is 2.28. The van der Waals surface area contributed by atoms with E-state index in [0.29, 0.717) is 22.8 Å². The topological polar surface area (TPSA) is 88.0 Å². The number of hydrogen-bond acceptors (Lipinski definition) is 5. The average Bonchev–Trinajstić information content (AvgIpc) is 2.54. The molecule has 1 heterocycles. The minimum Gasteiger partial charge on any atom is -0.493 e. The van der Waals surface area contributed by atoms with Crippen LogP contribution in [-0.4, -0.2) is 24.4 Å². The molecule has 0 bridgehead atoms. The van der Waals surface area contributed by atoms with E-state index < -0.39 is 5.56 Å². The highest BCUT2D eigenvalue weighted by atomic mass is 16.5. The van der Waals surface area contributed by atoms with Crippen LogP contribution in [-0.2, 0) is 0 Å². The number of aromatic nitrogens is 2. The van der Waals surface area contributed by atoms with Crippen LogP contribution >= 0.6 is 0 Å². The van der Waals surface area contributed by atoms with Gasteiger partial charge in [-0.25, -0.2) is 5.10 Å². The Morgan fingerprint density at radius 1 is 1.23 bits per heavy atom. The van der Waals surface area contributed by atoms with Crippen molar-refractivity contribution in [1.29, 1.82) is 5.26 Å². The highest BCUT2D eigenvalue weighted by molar-refractivity contribution is 5.71. The quantitative estimate of drug-likeness (QED) is 0.934. The van der Waals surface area contributed by atoms with Gasteiger partial charge in [0.1, 0.15) is 11.6 Å². The molecule has 0 aliphatic carbocycles. The minimum absolute atomic E-state index is 0.0713. The molecule has 2 rings (SSSR count). The fraction of sp³-hybridized carbons (Fsp3) is 0.188. The van der Waals surface area contributed by atoms with Crippen molar-refractivity contribution in [3.63, 3.8) is 0 Å². The molecular formula is C16H15N3O3. The molecule has 2 aromatic rings. The van der Waals surface area contributed by atoms with Gasteiger partial charge in [-0.3, -0.25) is 4.79 Å². The SMILES string of the molecule is COc1ccc(/C=C/c2n[nH]c(=O)c(C#N)c2C)cc1OC. The summed E-state index contributed by atoms with van der Waals surface area (Å²) in [7, 11) is 3.14. The number of nitrogens with zero attached hydrogens (tertiary/aromatic N) is 2. The summed E-state index contributed by atoms with van der Waals surface area (Å²) in [6, 6.07) is 7.37. The van der Waals surface area contributed by atoms with Gasteiger partial charge in [0.05, 0.1) is 19.9 Å².